The second-order valence-corrected chi connectivity index (χ2v) is 11.2. The first kappa shape index (κ1) is 27.9. The highest BCUT2D eigenvalue weighted by atomic mass is 16.5. The zero-order chi connectivity index (χ0) is 31.4. The number of aromatic amines is 1. The van der Waals surface area contributed by atoms with Crippen LogP contribution in [0.2, 0.25) is 0 Å². The number of nitrogens with zero attached hydrogens (tertiary/aromatic N) is 4. The van der Waals surface area contributed by atoms with Crippen molar-refractivity contribution in [1.82, 2.24) is 30.7 Å². The molecule has 5 aromatic rings. The zero-order valence-electron chi connectivity index (χ0n) is 24.0. The third kappa shape index (κ3) is 4.85. The number of nitrogens with two attached hydrogens (primary N) is 1. The molecule has 5 N–H and O–H groups in total. The molecule has 45 heavy (non-hydrogen) atoms. The largest absolute Gasteiger partial charge is 0.439 e. The predicted molar refractivity (Wildman–Crippen MR) is 161 cm³/mol. The van der Waals surface area contributed by atoms with Crippen LogP contribution < -0.4 is 37.9 Å². The summed E-state index contributed by atoms with van der Waals surface area (Å²) >= 11 is 0. The molecular weight excluding hydrogens is 580 g/mol. The zero-order valence-corrected chi connectivity index (χ0v) is 24.0. The molecule has 0 spiro atoms. The smallest absolute Gasteiger partial charge is 0.394 e. The normalized spacial score (nSPS) is 15.2. The van der Waals surface area contributed by atoms with E-state index in [0.29, 0.717) is 25.3 Å². The summed E-state index contributed by atoms with van der Waals surface area (Å²) in [6.07, 6.45) is 2.58. The van der Waals surface area contributed by atoms with E-state index < -0.39 is 28.4 Å². The Morgan fingerprint density at radius 1 is 1.02 bits per heavy atom. The molecule has 3 aromatic carbocycles. The second kappa shape index (κ2) is 10.7. The number of amides is 2. The number of nitrogens with one attached hydrogen (secondary N) is 3. The van der Waals surface area contributed by atoms with E-state index in [4.69, 9.17) is 5.73 Å². The molecule has 0 bridgehead atoms. The lowest BCUT2D eigenvalue weighted by Crippen LogP contribution is -2.40. The van der Waals surface area contributed by atoms with E-state index in [9.17, 15) is 24.0 Å². The van der Waals surface area contributed by atoms with Gasteiger partial charge in [-0.05, 0) is 53.1 Å². The molecule has 1 aliphatic carbocycles. The number of aromatic nitrogens is 4. The maximum atomic E-state index is 13.2. The van der Waals surface area contributed by atoms with Gasteiger partial charge in [-0.3, -0.25) is 28.7 Å². The van der Waals surface area contributed by atoms with Crippen LogP contribution in [0, 0.1) is 6.92 Å². The van der Waals surface area contributed by atoms with Crippen molar-refractivity contribution in [2.45, 2.75) is 45.4 Å². The van der Waals surface area contributed by atoms with Crippen molar-refractivity contribution in [3.63, 3.8) is 0 Å². The molecule has 0 radical (unpaired) electrons. The first-order chi connectivity index (χ1) is 21.7. The summed E-state index contributed by atoms with van der Waals surface area (Å²) in [6, 6.07) is 10.6. The van der Waals surface area contributed by atoms with Gasteiger partial charge >= 0.3 is 5.76 Å². The fourth-order valence-electron chi connectivity index (χ4n) is 6.17. The Hall–Kier alpha value is -5.92. The van der Waals surface area contributed by atoms with E-state index in [2.05, 4.69) is 35.3 Å². The van der Waals surface area contributed by atoms with Crippen LogP contribution in [0.1, 0.15) is 66.8 Å². The van der Waals surface area contributed by atoms with E-state index in [1.165, 1.54) is 12.4 Å². The molecule has 0 unspecified atom stereocenters. The third-order valence-corrected chi connectivity index (χ3v) is 8.51. The molecule has 2 amide bonds. The van der Waals surface area contributed by atoms with Crippen molar-refractivity contribution < 1.29 is 14.1 Å². The van der Waals surface area contributed by atoms with Crippen LogP contribution in [-0.4, -0.2) is 31.9 Å². The van der Waals surface area contributed by atoms with Crippen LogP contribution in [0.3, 0.4) is 0 Å². The summed E-state index contributed by atoms with van der Waals surface area (Å²) in [7, 11) is 0. The lowest BCUT2D eigenvalue weighted by Gasteiger charge is -2.19. The molecular formula is C31H26N8O6. The molecule has 2 aliphatic rings. The Morgan fingerprint density at radius 3 is 2.56 bits per heavy atom. The number of benzene rings is 2. The molecule has 7 rings (SSSR count). The summed E-state index contributed by atoms with van der Waals surface area (Å²) in [6.45, 7) is 3.06. The van der Waals surface area contributed by atoms with Crippen molar-refractivity contribution in [2.75, 3.05) is 10.6 Å². The maximum absolute atomic E-state index is 13.2. The van der Waals surface area contributed by atoms with Crippen LogP contribution in [0.15, 0.2) is 61.6 Å². The van der Waals surface area contributed by atoms with Gasteiger partial charge in [0.25, 0.3) is 22.7 Å². The number of carbonyl (C=O) groups excluding carboxylic acids is 2. The Labute approximate surface area is 254 Å². The number of H-pyrrole nitrogens is 1. The van der Waals surface area contributed by atoms with Crippen molar-refractivity contribution in [3.05, 3.63) is 118 Å². The third-order valence-electron chi connectivity index (χ3n) is 8.51. The lowest BCUT2D eigenvalue weighted by molar-refractivity contribution is 0.0931. The molecule has 226 valence electrons. The van der Waals surface area contributed by atoms with Gasteiger partial charge < -0.3 is 21.3 Å². The first-order valence-corrected chi connectivity index (χ1v) is 14.2. The number of fused-ring (bicyclic) bond motifs is 2. The number of carbonyl (C=O) groups is 2. The van der Waals surface area contributed by atoms with E-state index in [-0.39, 0.29) is 35.3 Å². The van der Waals surface area contributed by atoms with Crippen LogP contribution in [-0.2, 0) is 26.1 Å². The van der Waals surface area contributed by atoms with Crippen LogP contribution >= 0.6 is 0 Å². The number of nitrogen functional groups attached to an aromatic ring is 1. The highest BCUT2D eigenvalue weighted by Crippen LogP contribution is 2.37. The van der Waals surface area contributed by atoms with Gasteiger partial charge in [0.15, 0.2) is 5.82 Å². The summed E-state index contributed by atoms with van der Waals surface area (Å²) in [5, 5.41) is 9.61. The summed E-state index contributed by atoms with van der Waals surface area (Å²) in [5.74, 6) is -1.18. The summed E-state index contributed by atoms with van der Waals surface area (Å²) in [4.78, 5) is 73.4. The van der Waals surface area contributed by atoms with Crippen molar-refractivity contribution >= 4 is 23.2 Å². The average molecular weight is 607 g/mol. The highest BCUT2D eigenvalue weighted by molar-refractivity contribution is 5.97. The van der Waals surface area contributed by atoms with Crippen molar-refractivity contribution in [1.29, 1.82) is 0 Å². The molecule has 1 atom stereocenters. The van der Waals surface area contributed by atoms with Gasteiger partial charge in [0.2, 0.25) is 0 Å². The molecule has 0 fully saturated rings. The molecule has 0 saturated carbocycles. The Balaban J connectivity index is 0.989. The van der Waals surface area contributed by atoms with E-state index in [1.807, 2.05) is 37.3 Å². The van der Waals surface area contributed by atoms with Gasteiger partial charge in [-0.1, -0.05) is 35.5 Å². The molecule has 1 aliphatic heterocycles. The van der Waals surface area contributed by atoms with Gasteiger partial charge in [0.05, 0.1) is 6.04 Å². The highest BCUT2D eigenvalue weighted by Gasteiger charge is 2.30. The number of hydrogen-bond donors (Lipinski definition) is 4. The molecule has 0 saturated heterocycles. The molecule has 14 nitrogen and oxygen atoms in total. The SMILES string of the molecule is Cc1c(-c2noc(=O)[nH]2)ccc2c1CC[C@@H]2NC(=O)c1cc(C(=O)NCc2ccc3c(c2)CN(c2c(N)c(=O)c2=O)C3)ncn1. The second-order valence-electron chi connectivity index (χ2n) is 11.2. The van der Waals surface area contributed by atoms with E-state index in [0.717, 1.165) is 45.4 Å². The molecule has 14 heteroatoms. The van der Waals surface area contributed by atoms with Crippen LogP contribution in [0.25, 0.3) is 11.4 Å². The standard InChI is InChI=1S/C31H26N8O6/c1-14-18-6-7-21(20(18)5-4-19(14)28-37-31(44)45-38-28)36-30(43)23-9-22(34-13-35-23)29(42)33-10-15-2-3-16-11-39(12-17(16)8-15)25-24(32)26(40)27(25)41/h2-5,8-9,13,21H,6-7,10-12,32H2,1H3,(H,33,42)(H,36,43)(H,37,38,44)/t21-/m0/s1. The average Bonchev–Trinajstić information content (AvgIpc) is 3.78. The van der Waals surface area contributed by atoms with Crippen LogP contribution in [0.4, 0.5) is 11.4 Å². The Morgan fingerprint density at radius 2 is 1.80 bits per heavy atom. The van der Waals surface area contributed by atoms with E-state index in [1.54, 1.807) is 4.90 Å². The van der Waals surface area contributed by atoms with Gasteiger partial charge in [0, 0.05) is 31.3 Å². The van der Waals surface area contributed by atoms with Gasteiger partial charge in [-0.2, -0.15) is 0 Å². The summed E-state index contributed by atoms with van der Waals surface area (Å²) < 4.78 is 4.64. The fraction of sp³-hybridized carbons (Fsp3) is 0.226. The minimum Gasteiger partial charge on any atom is -0.394 e. The van der Waals surface area contributed by atoms with Gasteiger partial charge in [-0.25, -0.2) is 14.8 Å². The Bertz CT molecular complexity index is 2160. The van der Waals surface area contributed by atoms with Gasteiger partial charge in [0.1, 0.15) is 29.1 Å². The lowest BCUT2D eigenvalue weighted by atomic mass is 9.97. The number of anilines is 2. The number of rotatable bonds is 7. The number of hydrogen-bond acceptors (Lipinski definition) is 11. The fourth-order valence-corrected chi connectivity index (χ4v) is 6.17. The topological polar surface area (TPSA) is 206 Å². The Kier molecular flexibility index (Phi) is 6.61. The van der Waals surface area contributed by atoms with Crippen molar-refractivity contribution in [2.24, 2.45) is 0 Å². The van der Waals surface area contributed by atoms with Crippen LogP contribution in [0.5, 0.6) is 0 Å². The van der Waals surface area contributed by atoms with Crippen molar-refractivity contribution in [3.8, 4) is 11.4 Å². The van der Waals surface area contributed by atoms with E-state index >= 15 is 0 Å². The predicted octanol–water partition coefficient (Wildman–Crippen LogP) is 1.17. The summed E-state index contributed by atoms with van der Waals surface area (Å²) in [5.41, 5.74) is 11.4. The quantitative estimate of drug-likeness (QED) is 0.193. The van der Waals surface area contributed by atoms with Gasteiger partial charge in [-0.15, -0.1) is 0 Å². The minimum absolute atomic E-state index is 0.00123. The first-order valence-electron chi connectivity index (χ1n) is 14.2. The molecule has 2 aromatic heterocycles. The molecule has 3 heterocycles. The minimum atomic E-state index is -0.646. The monoisotopic (exact) mass is 606 g/mol. The maximum Gasteiger partial charge on any atom is 0.439 e.